The van der Waals surface area contributed by atoms with Crippen molar-refractivity contribution in [3.8, 4) is 0 Å². The van der Waals surface area contributed by atoms with Gasteiger partial charge in [-0.05, 0) is 36.6 Å². The number of nitrogens with zero attached hydrogens (tertiary/aromatic N) is 3. The zero-order valence-electron chi connectivity index (χ0n) is 15.5. The molecule has 27 heavy (non-hydrogen) atoms. The summed E-state index contributed by atoms with van der Waals surface area (Å²) in [5.41, 5.74) is 1.91. The molecule has 1 fully saturated rings. The Labute approximate surface area is 159 Å². The van der Waals surface area contributed by atoms with Crippen LogP contribution in [-0.2, 0) is 10.0 Å². The van der Waals surface area contributed by atoms with Gasteiger partial charge in [-0.2, -0.15) is 4.31 Å². The summed E-state index contributed by atoms with van der Waals surface area (Å²) in [7, 11) is -1.43. The van der Waals surface area contributed by atoms with E-state index in [0.29, 0.717) is 23.9 Å². The van der Waals surface area contributed by atoms with Gasteiger partial charge in [0.05, 0.1) is 4.90 Å². The number of likely N-dealkylation sites (N-methyl/N-ethyl adjacent to an activating group) is 1. The molecule has 142 valence electrons. The Morgan fingerprint density at radius 2 is 1.96 bits per heavy atom. The van der Waals surface area contributed by atoms with Gasteiger partial charge in [-0.25, -0.2) is 13.4 Å². The van der Waals surface area contributed by atoms with Crippen LogP contribution in [0.2, 0.25) is 0 Å². The first-order chi connectivity index (χ1) is 13.0. The van der Waals surface area contributed by atoms with Gasteiger partial charge in [0.15, 0.2) is 0 Å². The van der Waals surface area contributed by atoms with Gasteiger partial charge in [-0.15, -0.1) is 0 Å². The fraction of sp³-hybridized carbons (Fsp3) is 0.350. The highest BCUT2D eigenvalue weighted by Gasteiger charge is 2.36. The Morgan fingerprint density at radius 1 is 1.19 bits per heavy atom. The number of H-pyrrole nitrogens is 1. The van der Waals surface area contributed by atoms with Gasteiger partial charge in [0.1, 0.15) is 5.65 Å². The first-order valence-corrected chi connectivity index (χ1v) is 10.6. The van der Waals surface area contributed by atoms with Crippen LogP contribution < -0.4 is 4.90 Å². The van der Waals surface area contributed by atoms with E-state index in [1.807, 2.05) is 31.4 Å². The SMILES string of the molecule is C[C@@H]1CCN(S(=O)(=O)c2ccccc2)CC1N(C)c1ccnc2[nH]ccc12. The van der Waals surface area contributed by atoms with E-state index in [9.17, 15) is 8.42 Å². The lowest BCUT2D eigenvalue weighted by Crippen LogP contribution is -2.52. The lowest BCUT2D eigenvalue weighted by molar-refractivity contribution is 0.248. The van der Waals surface area contributed by atoms with E-state index in [4.69, 9.17) is 0 Å². The smallest absolute Gasteiger partial charge is 0.243 e. The van der Waals surface area contributed by atoms with Gasteiger partial charge in [0, 0.05) is 49.6 Å². The van der Waals surface area contributed by atoms with Gasteiger partial charge in [-0.3, -0.25) is 0 Å². The van der Waals surface area contributed by atoms with Crippen molar-refractivity contribution in [2.45, 2.75) is 24.3 Å². The average Bonchev–Trinajstić information content (AvgIpc) is 3.17. The number of anilines is 1. The van der Waals surface area contributed by atoms with E-state index in [1.54, 1.807) is 34.8 Å². The molecule has 1 aliphatic rings. The number of aromatic amines is 1. The zero-order valence-corrected chi connectivity index (χ0v) is 16.4. The lowest BCUT2D eigenvalue weighted by Gasteiger charge is -2.42. The van der Waals surface area contributed by atoms with E-state index >= 15 is 0 Å². The molecule has 3 heterocycles. The third-order valence-corrected chi connectivity index (χ3v) is 7.46. The Morgan fingerprint density at radius 3 is 2.74 bits per heavy atom. The maximum atomic E-state index is 13.1. The molecule has 4 rings (SSSR count). The van der Waals surface area contributed by atoms with Crippen molar-refractivity contribution in [1.82, 2.24) is 14.3 Å². The highest BCUT2D eigenvalue weighted by atomic mass is 32.2. The molecule has 1 aliphatic heterocycles. The summed E-state index contributed by atoms with van der Waals surface area (Å²) in [4.78, 5) is 10.1. The van der Waals surface area contributed by atoms with Crippen LogP contribution in [-0.4, -0.2) is 48.9 Å². The molecule has 2 aromatic heterocycles. The highest BCUT2D eigenvalue weighted by Crippen LogP contribution is 2.31. The summed E-state index contributed by atoms with van der Waals surface area (Å²) in [6, 6.07) is 12.8. The van der Waals surface area contributed by atoms with Crippen LogP contribution in [0.15, 0.2) is 59.8 Å². The minimum Gasteiger partial charge on any atom is -0.369 e. The number of pyridine rings is 1. The highest BCUT2D eigenvalue weighted by molar-refractivity contribution is 7.89. The normalized spacial score (nSPS) is 21.4. The Bertz CT molecular complexity index is 1030. The van der Waals surface area contributed by atoms with Crippen molar-refractivity contribution < 1.29 is 8.42 Å². The standard InChI is InChI=1S/C20H24N4O2S/c1-15-10-13-24(27(25,26)16-6-4-3-5-7-16)14-19(15)23(2)18-9-12-22-20-17(18)8-11-21-20/h3-9,11-12,15,19H,10,13-14H2,1-2H3,(H,21,22)/t15-,19?/m1/s1. The van der Waals surface area contributed by atoms with Gasteiger partial charge >= 0.3 is 0 Å². The van der Waals surface area contributed by atoms with Crippen molar-refractivity contribution in [1.29, 1.82) is 0 Å². The number of aromatic nitrogens is 2. The third kappa shape index (κ3) is 3.21. The van der Waals surface area contributed by atoms with Crippen LogP contribution >= 0.6 is 0 Å². The molecule has 1 saturated heterocycles. The summed E-state index contributed by atoms with van der Waals surface area (Å²) >= 11 is 0. The number of fused-ring (bicyclic) bond motifs is 1. The van der Waals surface area contributed by atoms with Gasteiger partial charge in [0.25, 0.3) is 0 Å². The molecule has 1 aromatic carbocycles. The molecule has 3 aromatic rings. The average molecular weight is 385 g/mol. The topological polar surface area (TPSA) is 69.3 Å². The molecule has 0 radical (unpaired) electrons. The Kier molecular flexibility index (Phi) is 4.65. The van der Waals surface area contributed by atoms with Crippen LogP contribution in [0.3, 0.4) is 0 Å². The molecule has 2 atom stereocenters. The molecule has 0 amide bonds. The van der Waals surface area contributed by atoms with Gasteiger partial charge < -0.3 is 9.88 Å². The van der Waals surface area contributed by atoms with Crippen molar-refractivity contribution in [2.24, 2.45) is 5.92 Å². The lowest BCUT2D eigenvalue weighted by atomic mass is 9.93. The maximum Gasteiger partial charge on any atom is 0.243 e. The number of piperidine rings is 1. The second-order valence-electron chi connectivity index (χ2n) is 7.19. The molecule has 0 bridgehead atoms. The molecule has 7 heteroatoms. The number of hydrogen-bond donors (Lipinski definition) is 1. The molecular weight excluding hydrogens is 360 g/mol. The van der Waals surface area contributed by atoms with Gasteiger partial charge in [-0.1, -0.05) is 25.1 Å². The fourth-order valence-corrected chi connectivity index (χ4v) is 5.41. The summed E-state index contributed by atoms with van der Waals surface area (Å²) in [5.74, 6) is 0.388. The molecule has 0 aliphatic carbocycles. The zero-order chi connectivity index (χ0) is 19.0. The second-order valence-corrected chi connectivity index (χ2v) is 9.13. The number of hydrogen-bond acceptors (Lipinski definition) is 4. The first kappa shape index (κ1) is 18.0. The molecule has 0 spiro atoms. The van der Waals surface area contributed by atoms with Crippen molar-refractivity contribution >= 4 is 26.7 Å². The van der Waals surface area contributed by atoms with Crippen molar-refractivity contribution in [2.75, 3.05) is 25.0 Å². The van der Waals surface area contributed by atoms with Crippen LogP contribution in [0.25, 0.3) is 11.0 Å². The fourth-order valence-electron chi connectivity index (χ4n) is 3.92. The summed E-state index contributed by atoms with van der Waals surface area (Å²) in [5, 5.41) is 1.05. The molecular formula is C20H24N4O2S. The van der Waals surface area contributed by atoms with E-state index in [1.165, 1.54) is 0 Å². The van der Waals surface area contributed by atoms with Crippen LogP contribution in [0.5, 0.6) is 0 Å². The first-order valence-electron chi connectivity index (χ1n) is 9.18. The molecule has 6 nitrogen and oxygen atoms in total. The maximum absolute atomic E-state index is 13.1. The summed E-state index contributed by atoms with van der Waals surface area (Å²) in [6.07, 6.45) is 4.50. The van der Waals surface area contributed by atoms with Crippen LogP contribution in [0.1, 0.15) is 13.3 Å². The largest absolute Gasteiger partial charge is 0.369 e. The Hall–Kier alpha value is -2.38. The Balaban J connectivity index is 1.64. The predicted molar refractivity (Wildman–Crippen MR) is 107 cm³/mol. The van der Waals surface area contributed by atoms with E-state index in [-0.39, 0.29) is 6.04 Å². The number of sulfonamides is 1. The number of nitrogens with one attached hydrogen (secondary N) is 1. The quantitative estimate of drug-likeness (QED) is 0.750. The third-order valence-electron chi connectivity index (χ3n) is 5.58. The minimum absolute atomic E-state index is 0.0951. The summed E-state index contributed by atoms with van der Waals surface area (Å²) in [6.45, 7) is 3.23. The van der Waals surface area contributed by atoms with E-state index in [2.05, 4.69) is 21.8 Å². The predicted octanol–water partition coefficient (Wildman–Crippen LogP) is 3.10. The van der Waals surface area contributed by atoms with Crippen LogP contribution in [0.4, 0.5) is 5.69 Å². The minimum atomic E-state index is -3.48. The van der Waals surface area contributed by atoms with Crippen LogP contribution in [0, 0.1) is 5.92 Å². The number of rotatable bonds is 4. The second kappa shape index (κ2) is 6.98. The van der Waals surface area contributed by atoms with Crippen molar-refractivity contribution in [3.05, 3.63) is 54.9 Å². The van der Waals surface area contributed by atoms with E-state index in [0.717, 1.165) is 23.1 Å². The molecule has 1 unspecified atom stereocenters. The monoisotopic (exact) mass is 384 g/mol. The summed E-state index contributed by atoms with van der Waals surface area (Å²) < 4.78 is 27.7. The van der Waals surface area contributed by atoms with Crippen molar-refractivity contribution in [3.63, 3.8) is 0 Å². The number of benzene rings is 1. The molecule has 1 N–H and O–H groups in total. The molecule has 0 saturated carbocycles. The van der Waals surface area contributed by atoms with E-state index < -0.39 is 10.0 Å². The van der Waals surface area contributed by atoms with Gasteiger partial charge in [0.2, 0.25) is 10.0 Å².